The van der Waals surface area contributed by atoms with Gasteiger partial charge in [-0.3, -0.25) is 10.1 Å². The van der Waals surface area contributed by atoms with Crippen LogP contribution in [0.2, 0.25) is 0 Å². The van der Waals surface area contributed by atoms with Gasteiger partial charge in [-0.25, -0.2) is 18.2 Å². The van der Waals surface area contributed by atoms with E-state index in [1.165, 1.54) is 4.90 Å². The highest BCUT2D eigenvalue weighted by atomic mass is 32.2. The van der Waals surface area contributed by atoms with Crippen LogP contribution in [0.5, 0.6) is 0 Å². The van der Waals surface area contributed by atoms with Gasteiger partial charge in [0, 0.05) is 25.4 Å². The normalized spacial score (nSPS) is 18.0. The van der Waals surface area contributed by atoms with Crippen molar-refractivity contribution >= 4 is 27.3 Å². The standard InChI is InChI=1S/C11H13N3O6S/c15-11(16)8-6-9(14(17)18)10(12-7-8)13-2-1-4-21(19,20)5-3-13/h6-7H,1-5H2,(H,15,16). The molecule has 1 saturated heterocycles. The number of nitrogens with zero attached hydrogens (tertiary/aromatic N) is 3. The summed E-state index contributed by atoms with van der Waals surface area (Å²) < 4.78 is 23.1. The van der Waals surface area contributed by atoms with Crippen molar-refractivity contribution < 1.29 is 23.2 Å². The van der Waals surface area contributed by atoms with Crippen LogP contribution in [0, 0.1) is 10.1 Å². The zero-order chi connectivity index (χ0) is 15.6. The number of pyridine rings is 1. The summed E-state index contributed by atoms with van der Waals surface area (Å²) in [5.74, 6) is -1.38. The van der Waals surface area contributed by atoms with E-state index in [-0.39, 0.29) is 29.4 Å². The predicted octanol–water partition coefficient (Wildman–Crippen LogP) is 0.313. The van der Waals surface area contributed by atoms with E-state index in [1.54, 1.807) is 0 Å². The largest absolute Gasteiger partial charge is 0.478 e. The van der Waals surface area contributed by atoms with E-state index in [1.807, 2.05) is 0 Å². The van der Waals surface area contributed by atoms with Crippen LogP contribution in [-0.4, -0.2) is 54.0 Å². The summed E-state index contributed by atoms with van der Waals surface area (Å²) in [7, 11) is -3.15. The molecule has 2 rings (SSSR count). The van der Waals surface area contributed by atoms with Gasteiger partial charge in [-0.1, -0.05) is 0 Å². The molecule has 21 heavy (non-hydrogen) atoms. The van der Waals surface area contributed by atoms with Crippen LogP contribution < -0.4 is 4.90 Å². The summed E-state index contributed by atoms with van der Waals surface area (Å²) in [6, 6.07) is 0.935. The van der Waals surface area contributed by atoms with Crippen LogP contribution >= 0.6 is 0 Å². The number of carboxylic acids is 1. The molecule has 1 aromatic heterocycles. The number of carboxylic acid groups (broad SMARTS) is 1. The summed E-state index contributed by atoms with van der Waals surface area (Å²) in [6.07, 6.45) is 1.38. The Balaban J connectivity index is 2.39. The molecule has 0 radical (unpaired) electrons. The van der Waals surface area contributed by atoms with E-state index in [4.69, 9.17) is 5.11 Å². The van der Waals surface area contributed by atoms with Crippen molar-refractivity contribution in [2.24, 2.45) is 0 Å². The molecule has 0 bridgehead atoms. The third-order valence-corrected chi connectivity index (χ3v) is 4.86. The van der Waals surface area contributed by atoms with Crippen molar-refractivity contribution in [1.29, 1.82) is 0 Å². The second kappa shape index (κ2) is 5.64. The molecular formula is C11H13N3O6S. The average Bonchev–Trinajstić information content (AvgIpc) is 2.59. The average molecular weight is 315 g/mol. The highest BCUT2D eigenvalue weighted by Gasteiger charge is 2.27. The SMILES string of the molecule is O=C(O)c1cnc(N2CCCS(=O)(=O)CC2)c([N+](=O)[O-])c1. The summed E-state index contributed by atoms with van der Waals surface area (Å²) in [5, 5.41) is 19.9. The van der Waals surface area contributed by atoms with Crippen molar-refractivity contribution in [3.8, 4) is 0 Å². The lowest BCUT2D eigenvalue weighted by molar-refractivity contribution is -0.384. The molecule has 0 amide bonds. The van der Waals surface area contributed by atoms with E-state index in [2.05, 4.69) is 4.98 Å². The van der Waals surface area contributed by atoms with Gasteiger partial charge in [-0.05, 0) is 6.42 Å². The smallest absolute Gasteiger partial charge is 0.337 e. The number of hydrogen-bond acceptors (Lipinski definition) is 7. The maximum atomic E-state index is 11.6. The van der Waals surface area contributed by atoms with Gasteiger partial charge in [0.15, 0.2) is 9.84 Å². The lowest BCUT2D eigenvalue weighted by Crippen LogP contribution is -2.28. The van der Waals surface area contributed by atoms with E-state index < -0.39 is 26.4 Å². The lowest BCUT2D eigenvalue weighted by Gasteiger charge is -2.20. The number of rotatable bonds is 3. The Kier molecular flexibility index (Phi) is 4.07. The number of hydrogen-bond donors (Lipinski definition) is 1. The highest BCUT2D eigenvalue weighted by Crippen LogP contribution is 2.27. The number of sulfone groups is 1. The molecule has 2 heterocycles. The molecule has 0 saturated carbocycles. The Morgan fingerprint density at radius 1 is 1.38 bits per heavy atom. The molecule has 9 nitrogen and oxygen atoms in total. The molecule has 1 aromatic rings. The summed E-state index contributed by atoms with van der Waals surface area (Å²) >= 11 is 0. The number of nitro groups is 1. The van der Waals surface area contributed by atoms with E-state index in [9.17, 15) is 23.3 Å². The van der Waals surface area contributed by atoms with Crippen LogP contribution in [0.1, 0.15) is 16.8 Å². The van der Waals surface area contributed by atoms with Crippen molar-refractivity contribution in [3.05, 3.63) is 27.9 Å². The molecular weight excluding hydrogens is 302 g/mol. The summed E-state index contributed by atoms with van der Waals surface area (Å²) in [6.45, 7) is 0.419. The van der Waals surface area contributed by atoms with Crippen LogP contribution in [0.15, 0.2) is 12.3 Å². The molecule has 1 fully saturated rings. The number of aromatic nitrogens is 1. The monoisotopic (exact) mass is 315 g/mol. The Labute approximate surface area is 120 Å². The Morgan fingerprint density at radius 3 is 2.71 bits per heavy atom. The van der Waals surface area contributed by atoms with Crippen LogP contribution in [0.3, 0.4) is 0 Å². The quantitative estimate of drug-likeness (QED) is 0.623. The van der Waals surface area contributed by atoms with Gasteiger partial charge in [0.2, 0.25) is 5.82 Å². The Morgan fingerprint density at radius 2 is 2.10 bits per heavy atom. The Bertz CT molecular complexity index is 687. The molecule has 1 aliphatic rings. The first-order chi connectivity index (χ1) is 9.80. The maximum Gasteiger partial charge on any atom is 0.337 e. The summed E-state index contributed by atoms with van der Waals surface area (Å²) in [4.78, 5) is 26.6. The Hall–Kier alpha value is -2.23. The molecule has 0 aliphatic carbocycles. The minimum Gasteiger partial charge on any atom is -0.478 e. The molecule has 0 aromatic carbocycles. The fourth-order valence-corrected chi connectivity index (χ4v) is 3.36. The third-order valence-electron chi connectivity index (χ3n) is 3.15. The molecule has 1 N–H and O–H groups in total. The third kappa shape index (κ3) is 3.45. The van der Waals surface area contributed by atoms with Gasteiger partial charge < -0.3 is 10.0 Å². The molecule has 0 unspecified atom stereocenters. The first-order valence-electron chi connectivity index (χ1n) is 6.13. The zero-order valence-electron chi connectivity index (χ0n) is 10.9. The second-order valence-corrected chi connectivity index (χ2v) is 6.93. The first kappa shape index (κ1) is 15.2. The van der Waals surface area contributed by atoms with Crippen LogP contribution in [0.25, 0.3) is 0 Å². The molecule has 0 atom stereocenters. The van der Waals surface area contributed by atoms with Gasteiger partial charge in [0.1, 0.15) is 0 Å². The lowest BCUT2D eigenvalue weighted by atomic mass is 10.2. The minimum absolute atomic E-state index is 0.00194. The second-order valence-electron chi connectivity index (χ2n) is 4.62. The highest BCUT2D eigenvalue weighted by molar-refractivity contribution is 7.91. The predicted molar refractivity (Wildman–Crippen MR) is 73.3 cm³/mol. The van der Waals surface area contributed by atoms with Crippen LogP contribution in [-0.2, 0) is 9.84 Å². The minimum atomic E-state index is -3.15. The van der Waals surface area contributed by atoms with Crippen molar-refractivity contribution in [3.63, 3.8) is 0 Å². The molecule has 1 aliphatic heterocycles. The van der Waals surface area contributed by atoms with Gasteiger partial charge in [0.05, 0.1) is 22.0 Å². The number of aromatic carboxylic acids is 1. The van der Waals surface area contributed by atoms with Gasteiger partial charge >= 0.3 is 11.7 Å². The maximum absolute atomic E-state index is 11.6. The fraction of sp³-hybridized carbons (Fsp3) is 0.455. The number of carbonyl (C=O) groups is 1. The zero-order valence-corrected chi connectivity index (χ0v) is 11.7. The van der Waals surface area contributed by atoms with Gasteiger partial charge in [-0.2, -0.15) is 0 Å². The molecule has 114 valence electrons. The topological polar surface area (TPSA) is 131 Å². The summed E-state index contributed by atoms with van der Waals surface area (Å²) in [5.41, 5.74) is -0.720. The molecule has 10 heteroatoms. The van der Waals surface area contributed by atoms with E-state index >= 15 is 0 Å². The fourth-order valence-electron chi connectivity index (χ4n) is 2.09. The van der Waals surface area contributed by atoms with Crippen LogP contribution in [0.4, 0.5) is 11.5 Å². The van der Waals surface area contributed by atoms with E-state index in [0.717, 1.165) is 12.3 Å². The molecule has 0 spiro atoms. The number of anilines is 1. The van der Waals surface area contributed by atoms with Crippen molar-refractivity contribution in [2.75, 3.05) is 29.5 Å². The van der Waals surface area contributed by atoms with Crippen molar-refractivity contribution in [1.82, 2.24) is 4.98 Å². The first-order valence-corrected chi connectivity index (χ1v) is 7.95. The van der Waals surface area contributed by atoms with Gasteiger partial charge in [0.25, 0.3) is 0 Å². The van der Waals surface area contributed by atoms with E-state index in [0.29, 0.717) is 13.0 Å². The van der Waals surface area contributed by atoms with Gasteiger partial charge in [-0.15, -0.1) is 0 Å². The van der Waals surface area contributed by atoms with Crippen molar-refractivity contribution in [2.45, 2.75) is 6.42 Å².